The number of para-hydroxylation sites is 1. The van der Waals surface area contributed by atoms with Gasteiger partial charge in [-0.25, -0.2) is 9.97 Å². The van der Waals surface area contributed by atoms with Gasteiger partial charge < -0.3 is 15.4 Å². The summed E-state index contributed by atoms with van der Waals surface area (Å²) in [4.78, 5) is 10.7. The third-order valence-corrected chi connectivity index (χ3v) is 3.70. The van der Waals surface area contributed by atoms with E-state index < -0.39 is 0 Å². The summed E-state index contributed by atoms with van der Waals surface area (Å²) in [7, 11) is 0. The Morgan fingerprint density at radius 1 is 1.05 bits per heavy atom. The van der Waals surface area contributed by atoms with Crippen LogP contribution in [0, 0.1) is 0 Å². The van der Waals surface area contributed by atoms with E-state index in [-0.39, 0.29) is 0 Å². The number of ether oxygens (including phenoxy) is 1. The number of morpholine rings is 1. The molecular formula is C14H15N7O. The highest BCUT2D eigenvalue weighted by atomic mass is 16.5. The third-order valence-electron chi connectivity index (χ3n) is 3.70. The maximum atomic E-state index is 6.30. The van der Waals surface area contributed by atoms with Crippen molar-refractivity contribution >= 4 is 22.5 Å². The highest BCUT2D eigenvalue weighted by molar-refractivity contribution is 5.79. The van der Waals surface area contributed by atoms with Gasteiger partial charge in [-0.2, -0.15) is 4.68 Å². The molecule has 0 amide bonds. The molecule has 1 fully saturated rings. The van der Waals surface area contributed by atoms with E-state index in [1.807, 2.05) is 24.3 Å². The first kappa shape index (κ1) is 13.0. The average molecular weight is 297 g/mol. The highest BCUT2D eigenvalue weighted by Crippen LogP contribution is 2.27. The second kappa shape index (κ2) is 5.23. The van der Waals surface area contributed by atoms with Crippen molar-refractivity contribution < 1.29 is 4.74 Å². The van der Waals surface area contributed by atoms with Crippen molar-refractivity contribution in [2.75, 3.05) is 36.9 Å². The van der Waals surface area contributed by atoms with Crippen LogP contribution >= 0.6 is 0 Å². The molecule has 8 heteroatoms. The fourth-order valence-corrected chi connectivity index (χ4v) is 2.60. The summed E-state index contributed by atoms with van der Waals surface area (Å²) in [5.41, 5.74) is 8.46. The molecule has 0 spiro atoms. The summed E-state index contributed by atoms with van der Waals surface area (Å²) < 4.78 is 7.02. The Morgan fingerprint density at radius 3 is 2.68 bits per heavy atom. The summed E-state index contributed by atoms with van der Waals surface area (Å²) in [5, 5.41) is 8.31. The first-order valence-corrected chi connectivity index (χ1v) is 7.08. The number of anilines is 2. The molecule has 22 heavy (non-hydrogen) atoms. The lowest BCUT2D eigenvalue weighted by atomic mass is 10.3. The molecule has 3 heterocycles. The molecule has 3 aromatic rings. The Balaban J connectivity index is 1.82. The van der Waals surface area contributed by atoms with Crippen LogP contribution in [0.25, 0.3) is 16.9 Å². The molecule has 2 N–H and O–H groups in total. The number of fused-ring (bicyclic) bond motifs is 1. The molecule has 8 nitrogen and oxygen atoms in total. The van der Waals surface area contributed by atoms with E-state index >= 15 is 0 Å². The second-order valence-corrected chi connectivity index (χ2v) is 5.02. The van der Waals surface area contributed by atoms with Gasteiger partial charge in [0.05, 0.1) is 18.7 Å². The molecule has 0 saturated carbocycles. The largest absolute Gasteiger partial charge is 0.393 e. The number of aromatic nitrogens is 5. The number of rotatable bonds is 2. The summed E-state index contributed by atoms with van der Waals surface area (Å²) in [6.07, 6.45) is 1.51. The standard InChI is InChI=1S/C14H15N7O/c15-12-13(20-5-7-22-8-6-20)16-9-17-14(12)21-11-4-2-1-3-10(11)18-19-21/h1-4,9H,5-8,15H2. The van der Waals surface area contributed by atoms with Crippen molar-refractivity contribution in [1.29, 1.82) is 0 Å². The van der Waals surface area contributed by atoms with Crippen molar-refractivity contribution in [2.24, 2.45) is 0 Å². The number of nitrogens with two attached hydrogens (primary N) is 1. The van der Waals surface area contributed by atoms with Crippen LogP contribution in [0.5, 0.6) is 0 Å². The molecule has 1 aliphatic heterocycles. The Hall–Kier alpha value is -2.74. The molecule has 2 aromatic heterocycles. The molecule has 0 atom stereocenters. The van der Waals surface area contributed by atoms with Gasteiger partial charge in [0, 0.05) is 13.1 Å². The minimum Gasteiger partial charge on any atom is -0.393 e. The van der Waals surface area contributed by atoms with Gasteiger partial charge in [-0.15, -0.1) is 5.10 Å². The van der Waals surface area contributed by atoms with Crippen LogP contribution in [0.1, 0.15) is 0 Å². The Kier molecular flexibility index (Phi) is 3.08. The zero-order valence-electron chi connectivity index (χ0n) is 11.9. The topological polar surface area (TPSA) is 95.0 Å². The molecule has 1 aromatic carbocycles. The number of nitrogen functional groups attached to an aromatic ring is 1. The molecule has 0 aliphatic carbocycles. The van der Waals surface area contributed by atoms with E-state index in [0.717, 1.165) is 24.1 Å². The molecular weight excluding hydrogens is 282 g/mol. The number of nitrogens with zero attached hydrogens (tertiary/aromatic N) is 6. The van der Waals surface area contributed by atoms with E-state index in [9.17, 15) is 0 Å². The first-order chi connectivity index (χ1) is 10.8. The molecule has 112 valence electrons. The van der Waals surface area contributed by atoms with Gasteiger partial charge in [-0.1, -0.05) is 17.3 Å². The lowest BCUT2D eigenvalue weighted by Crippen LogP contribution is -2.37. The van der Waals surface area contributed by atoms with E-state index in [2.05, 4.69) is 25.2 Å². The highest BCUT2D eigenvalue weighted by Gasteiger charge is 2.19. The zero-order chi connectivity index (χ0) is 14.9. The van der Waals surface area contributed by atoms with Gasteiger partial charge in [0.1, 0.15) is 17.5 Å². The molecule has 4 rings (SSSR count). The van der Waals surface area contributed by atoms with Gasteiger partial charge in [0.25, 0.3) is 0 Å². The van der Waals surface area contributed by atoms with Crippen LogP contribution in [-0.4, -0.2) is 51.3 Å². The maximum absolute atomic E-state index is 6.30. The summed E-state index contributed by atoms with van der Waals surface area (Å²) in [6.45, 7) is 2.87. The zero-order valence-corrected chi connectivity index (χ0v) is 11.9. The smallest absolute Gasteiger partial charge is 0.184 e. The van der Waals surface area contributed by atoms with E-state index in [4.69, 9.17) is 10.5 Å². The maximum Gasteiger partial charge on any atom is 0.184 e. The fraction of sp³-hybridized carbons (Fsp3) is 0.286. The Morgan fingerprint density at radius 2 is 1.82 bits per heavy atom. The normalized spacial score (nSPS) is 15.4. The van der Waals surface area contributed by atoms with Gasteiger partial charge >= 0.3 is 0 Å². The average Bonchev–Trinajstić information content (AvgIpc) is 3.00. The quantitative estimate of drug-likeness (QED) is 0.741. The van der Waals surface area contributed by atoms with E-state index in [1.165, 1.54) is 6.33 Å². The summed E-state index contributed by atoms with van der Waals surface area (Å²) in [6, 6.07) is 7.69. The SMILES string of the molecule is Nc1c(N2CCOCC2)ncnc1-n1nnc2ccccc21. The molecule has 1 saturated heterocycles. The van der Waals surface area contributed by atoms with Gasteiger partial charge in [-0.3, -0.25) is 0 Å². The van der Waals surface area contributed by atoms with E-state index in [1.54, 1.807) is 4.68 Å². The Labute approximate surface area is 126 Å². The van der Waals surface area contributed by atoms with Gasteiger partial charge in [0.15, 0.2) is 11.6 Å². The predicted octanol–water partition coefficient (Wildman–Crippen LogP) is 0.629. The first-order valence-electron chi connectivity index (χ1n) is 7.08. The van der Waals surface area contributed by atoms with Crippen LogP contribution in [-0.2, 0) is 4.74 Å². The van der Waals surface area contributed by atoms with Crippen LogP contribution in [0.2, 0.25) is 0 Å². The van der Waals surface area contributed by atoms with Crippen molar-refractivity contribution in [3.05, 3.63) is 30.6 Å². The van der Waals surface area contributed by atoms with Crippen molar-refractivity contribution in [1.82, 2.24) is 25.0 Å². The van der Waals surface area contributed by atoms with Gasteiger partial charge in [0.2, 0.25) is 0 Å². The lowest BCUT2D eigenvalue weighted by molar-refractivity contribution is 0.122. The van der Waals surface area contributed by atoms with Crippen LogP contribution in [0.15, 0.2) is 30.6 Å². The third kappa shape index (κ3) is 2.04. The van der Waals surface area contributed by atoms with E-state index in [0.29, 0.717) is 30.5 Å². The summed E-state index contributed by atoms with van der Waals surface area (Å²) >= 11 is 0. The molecule has 1 aliphatic rings. The minimum absolute atomic E-state index is 0.500. The molecule has 0 bridgehead atoms. The Bertz CT molecular complexity index is 810. The monoisotopic (exact) mass is 297 g/mol. The number of hydrogen-bond acceptors (Lipinski definition) is 7. The lowest BCUT2D eigenvalue weighted by Gasteiger charge is -2.28. The van der Waals surface area contributed by atoms with Crippen molar-refractivity contribution in [2.45, 2.75) is 0 Å². The van der Waals surface area contributed by atoms with Crippen LogP contribution in [0.4, 0.5) is 11.5 Å². The second-order valence-electron chi connectivity index (χ2n) is 5.02. The molecule has 0 radical (unpaired) electrons. The number of hydrogen-bond donors (Lipinski definition) is 1. The van der Waals surface area contributed by atoms with Crippen molar-refractivity contribution in [3.8, 4) is 5.82 Å². The van der Waals surface area contributed by atoms with Crippen LogP contribution < -0.4 is 10.6 Å². The summed E-state index contributed by atoms with van der Waals surface area (Å²) in [5.74, 6) is 1.26. The molecule has 0 unspecified atom stereocenters. The number of benzene rings is 1. The minimum atomic E-state index is 0.500. The van der Waals surface area contributed by atoms with Gasteiger partial charge in [-0.05, 0) is 12.1 Å². The fourth-order valence-electron chi connectivity index (χ4n) is 2.60. The van der Waals surface area contributed by atoms with Crippen molar-refractivity contribution in [3.63, 3.8) is 0 Å². The predicted molar refractivity (Wildman–Crippen MR) is 81.9 cm³/mol. The van der Waals surface area contributed by atoms with Crippen LogP contribution in [0.3, 0.4) is 0 Å².